The molecule has 0 aromatic heterocycles. The van der Waals surface area contributed by atoms with E-state index in [0.29, 0.717) is 21.7 Å². The minimum absolute atomic E-state index is 0.371. The molecular formula is C47H96. The van der Waals surface area contributed by atoms with Crippen LogP contribution in [0.15, 0.2) is 0 Å². The minimum atomic E-state index is 0.371. The zero-order chi connectivity index (χ0) is 36.2. The molecule has 0 rings (SSSR count). The zero-order valence-electron chi connectivity index (χ0n) is 36.2. The Morgan fingerprint density at radius 1 is 0.426 bits per heavy atom. The standard InChI is InChI=1S/C47H96/c1-16-19-21-30-34-45(14,46(15,40(6)7)35-31-28-26-24-22-23-25-27-29-32-39(4)5)38-47(41(8)9,43(11)33-20-17-2)37-36-44(12,13)42(10)18-3/h39-43H,16-38H2,1-15H3. The Balaban J connectivity index is 6.11. The molecule has 0 aliphatic rings. The van der Waals surface area contributed by atoms with Gasteiger partial charge in [0, 0.05) is 0 Å². The molecule has 284 valence electrons. The first-order valence-electron chi connectivity index (χ1n) is 22.0. The molecule has 0 saturated carbocycles. The summed E-state index contributed by atoms with van der Waals surface area (Å²) in [6.07, 6.45) is 32.5. The molecule has 0 spiro atoms. The maximum absolute atomic E-state index is 2.81. The van der Waals surface area contributed by atoms with Gasteiger partial charge in [-0.3, -0.25) is 0 Å². The monoisotopic (exact) mass is 661 g/mol. The SMILES string of the molecule is CCCCCCC(C)(CC(CCC(C)(C)C(C)CC)(C(C)C)C(C)CCCC)C(C)(CCCCCCCCCCCC(C)C)C(C)C. The van der Waals surface area contributed by atoms with E-state index in [1.165, 1.54) is 148 Å². The molecule has 0 aromatic carbocycles. The van der Waals surface area contributed by atoms with E-state index in [2.05, 4.69) is 104 Å². The van der Waals surface area contributed by atoms with E-state index in [1.807, 2.05) is 0 Å². The molecule has 5 unspecified atom stereocenters. The lowest BCUT2D eigenvalue weighted by atomic mass is 9.47. The van der Waals surface area contributed by atoms with Crippen LogP contribution in [0.1, 0.15) is 252 Å². The summed E-state index contributed by atoms with van der Waals surface area (Å²) in [5.74, 6) is 3.88. The summed E-state index contributed by atoms with van der Waals surface area (Å²) in [7, 11) is 0. The van der Waals surface area contributed by atoms with Crippen molar-refractivity contribution in [3.8, 4) is 0 Å². The van der Waals surface area contributed by atoms with Crippen molar-refractivity contribution in [1.82, 2.24) is 0 Å². The molecule has 0 N–H and O–H groups in total. The maximum Gasteiger partial charge on any atom is -0.0243 e. The summed E-state index contributed by atoms with van der Waals surface area (Å²) in [6, 6.07) is 0. The Morgan fingerprint density at radius 3 is 1.38 bits per heavy atom. The van der Waals surface area contributed by atoms with Gasteiger partial charge in [0.25, 0.3) is 0 Å². The van der Waals surface area contributed by atoms with Crippen molar-refractivity contribution in [3.63, 3.8) is 0 Å². The third kappa shape index (κ3) is 16.3. The number of rotatable bonds is 31. The van der Waals surface area contributed by atoms with E-state index in [-0.39, 0.29) is 0 Å². The van der Waals surface area contributed by atoms with Crippen LogP contribution < -0.4 is 0 Å². The Hall–Kier alpha value is 0. The lowest BCUT2D eigenvalue weighted by Crippen LogP contribution is -2.49. The Morgan fingerprint density at radius 2 is 0.915 bits per heavy atom. The van der Waals surface area contributed by atoms with Gasteiger partial charge in [0.1, 0.15) is 0 Å². The molecule has 0 aromatic rings. The fourth-order valence-electron chi connectivity index (χ4n) is 9.54. The topological polar surface area (TPSA) is 0 Å². The molecule has 0 saturated heterocycles. The molecule has 0 amide bonds. The second-order valence-corrected chi connectivity index (χ2v) is 19.5. The van der Waals surface area contributed by atoms with Gasteiger partial charge in [0.15, 0.2) is 0 Å². The largest absolute Gasteiger partial charge is 0.0654 e. The smallest absolute Gasteiger partial charge is 0.0243 e. The lowest BCUT2D eigenvalue weighted by molar-refractivity contribution is -0.0787. The highest BCUT2D eigenvalue weighted by Gasteiger charge is 2.52. The summed E-state index contributed by atoms with van der Waals surface area (Å²) in [6.45, 7) is 38.3. The van der Waals surface area contributed by atoms with Crippen molar-refractivity contribution < 1.29 is 0 Å². The number of unbranched alkanes of at least 4 members (excludes halogenated alkanes) is 12. The van der Waals surface area contributed by atoms with Crippen molar-refractivity contribution >= 4 is 0 Å². The van der Waals surface area contributed by atoms with Crippen LogP contribution in [0.4, 0.5) is 0 Å². The zero-order valence-corrected chi connectivity index (χ0v) is 36.2. The summed E-state index contributed by atoms with van der Waals surface area (Å²) in [5.41, 5.74) is 1.57. The van der Waals surface area contributed by atoms with Gasteiger partial charge in [-0.05, 0) is 83.4 Å². The maximum atomic E-state index is 2.81. The average Bonchev–Trinajstić information content (AvgIpc) is 3.01. The Labute approximate surface area is 302 Å². The molecule has 0 nitrogen and oxygen atoms in total. The van der Waals surface area contributed by atoms with Crippen molar-refractivity contribution in [2.75, 3.05) is 0 Å². The van der Waals surface area contributed by atoms with Crippen LogP contribution in [0.5, 0.6) is 0 Å². The van der Waals surface area contributed by atoms with Crippen LogP contribution in [0.25, 0.3) is 0 Å². The van der Waals surface area contributed by atoms with Crippen molar-refractivity contribution in [1.29, 1.82) is 0 Å². The third-order valence-electron chi connectivity index (χ3n) is 14.7. The second kappa shape index (κ2) is 24.2. The molecule has 0 aliphatic heterocycles. The molecule has 5 atom stereocenters. The van der Waals surface area contributed by atoms with Gasteiger partial charge < -0.3 is 0 Å². The van der Waals surface area contributed by atoms with Crippen LogP contribution in [-0.4, -0.2) is 0 Å². The van der Waals surface area contributed by atoms with E-state index in [1.54, 1.807) is 0 Å². The van der Waals surface area contributed by atoms with Crippen molar-refractivity contribution in [2.24, 2.45) is 51.2 Å². The predicted molar refractivity (Wildman–Crippen MR) is 218 cm³/mol. The summed E-state index contributed by atoms with van der Waals surface area (Å²) < 4.78 is 0. The predicted octanol–water partition coefficient (Wildman–Crippen LogP) is 17.3. The van der Waals surface area contributed by atoms with Gasteiger partial charge in [-0.2, -0.15) is 0 Å². The normalized spacial score (nSPS) is 18.0. The third-order valence-corrected chi connectivity index (χ3v) is 14.7. The highest BCUT2D eigenvalue weighted by Crippen LogP contribution is 2.61. The van der Waals surface area contributed by atoms with Crippen LogP contribution in [0.2, 0.25) is 0 Å². The summed E-state index contributed by atoms with van der Waals surface area (Å²) >= 11 is 0. The number of hydrogen-bond donors (Lipinski definition) is 0. The first-order valence-corrected chi connectivity index (χ1v) is 22.0. The van der Waals surface area contributed by atoms with Gasteiger partial charge >= 0.3 is 0 Å². The first kappa shape index (κ1) is 47.0. The second-order valence-electron chi connectivity index (χ2n) is 19.5. The van der Waals surface area contributed by atoms with Gasteiger partial charge in [-0.25, -0.2) is 0 Å². The first-order chi connectivity index (χ1) is 22.0. The molecule has 0 radical (unpaired) electrons. The van der Waals surface area contributed by atoms with Gasteiger partial charge in [0.05, 0.1) is 0 Å². The van der Waals surface area contributed by atoms with Crippen LogP contribution in [-0.2, 0) is 0 Å². The Bertz CT molecular complexity index is 728. The van der Waals surface area contributed by atoms with E-state index in [9.17, 15) is 0 Å². The molecule has 0 fully saturated rings. The van der Waals surface area contributed by atoms with E-state index >= 15 is 0 Å². The van der Waals surface area contributed by atoms with Gasteiger partial charge in [-0.1, -0.05) is 219 Å². The van der Waals surface area contributed by atoms with Crippen LogP contribution in [0, 0.1) is 51.2 Å². The number of hydrogen-bond acceptors (Lipinski definition) is 0. The lowest BCUT2D eigenvalue weighted by Gasteiger charge is -2.57. The van der Waals surface area contributed by atoms with Gasteiger partial charge in [-0.15, -0.1) is 0 Å². The summed E-state index contributed by atoms with van der Waals surface area (Å²) in [5, 5.41) is 0. The fraction of sp³-hybridized carbons (Fsp3) is 1.00. The van der Waals surface area contributed by atoms with E-state index in [4.69, 9.17) is 0 Å². The quantitative estimate of drug-likeness (QED) is 0.0649. The van der Waals surface area contributed by atoms with E-state index < -0.39 is 0 Å². The average molecular weight is 661 g/mol. The van der Waals surface area contributed by atoms with Crippen LogP contribution in [0.3, 0.4) is 0 Å². The minimum Gasteiger partial charge on any atom is -0.0654 e. The summed E-state index contributed by atoms with van der Waals surface area (Å²) in [4.78, 5) is 0. The molecule has 47 heavy (non-hydrogen) atoms. The fourth-order valence-corrected chi connectivity index (χ4v) is 9.54. The van der Waals surface area contributed by atoms with Crippen LogP contribution >= 0.6 is 0 Å². The Kier molecular flexibility index (Phi) is 24.2. The van der Waals surface area contributed by atoms with Crippen molar-refractivity contribution in [3.05, 3.63) is 0 Å². The highest BCUT2D eigenvalue weighted by atomic mass is 14.6. The molecule has 0 aliphatic carbocycles. The molecule has 0 heterocycles. The highest BCUT2D eigenvalue weighted by molar-refractivity contribution is 5.02. The molecule has 0 bridgehead atoms. The molecule has 0 heteroatoms. The van der Waals surface area contributed by atoms with Crippen molar-refractivity contribution in [2.45, 2.75) is 252 Å². The van der Waals surface area contributed by atoms with Gasteiger partial charge in [0.2, 0.25) is 0 Å². The van der Waals surface area contributed by atoms with E-state index in [0.717, 1.165) is 29.6 Å². The molecular weight excluding hydrogens is 565 g/mol.